The molecule has 1 saturated heterocycles. The predicted molar refractivity (Wildman–Crippen MR) is 104 cm³/mol. The van der Waals surface area contributed by atoms with E-state index in [2.05, 4.69) is 29.0 Å². The number of rotatable bonds is 5. The molecular formula is C22H27N3O2. The van der Waals surface area contributed by atoms with E-state index in [1.807, 2.05) is 6.07 Å². The van der Waals surface area contributed by atoms with Gasteiger partial charge in [-0.25, -0.2) is 4.98 Å². The van der Waals surface area contributed by atoms with Gasteiger partial charge in [0.1, 0.15) is 5.82 Å². The summed E-state index contributed by atoms with van der Waals surface area (Å²) < 4.78 is 2.24. The van der Waals surface area contributed by atoms with Gasteiger partial charge >= 0.3 is 0 Å². The summed E-state index contributed by atoms with van der Waals surface area (Å²) in [6, 6.07) is 8.12. The number of nitrogens with zero attached hydrogens (tertiary/aromatic N) is 3. The lowest BCUT2D eigenvalue weighted by Gasteiger charge is -2.34. The summed E-state index contributed by atoms with van der Waals surface area (Å²) in [6.45, 7) is 3.34. The number of aryl methyl sites for hydroxylation is 3. The van der Waals surface area contributed by atoms with Crippen LogP contribution in [0.5, 0.6) is 0 Å². The molecule has 0 spiro atoms. The maximum atomic E-state index is 12.7. The molecule has 0 bridgehead atoms. The molecule has 1 aromatic heterocycles. The monoisotopic (exact) mass is 365 g/mol. The van der Waals surface area contributed by atoms with E-state index in [1.54, 1.807) is 11.8 Å². The van der Waals surface area contributed by atoms with Crippen LogP contribution in [-0.2, 0) is 29.0 Å². The van der Waals surface area contributed by atoms with Gasteiger partial charge in [-0.05, 0) is 43.7 Å². The molecule has 4 rings (SSSR count). The minimum absolute atomic E-state index is 0.0166. The van der Waals surface area contributed by atoms with E-state index in [9.17, 15) is 9.59 Å². The van der Waals surface area contributed by atoms with Crippen LogP contribution >= 0.6 is 0 Å². The standard InChI is InChI=1S/C22H27N3O2/c1-16(26)25-13-3-2-8-20(25)21(27)11-10-17-6-4-7-18(14-17)19-15-24-12-5-9-22(24)23-19/h4,6-7,14-15,20H,2-3,5,8-13H2,1H3. The number of carbonyl (C=O) groups excluding carboxylic acids is 2. The first kappa shape index (κ1) is 18.0. The van der Waals surface area contributed by atoms with Gasteiger partial charge < -0.3 is 9.47 Å². The van der Waals surface area contributed by atoms with Gasteiger partial charge in [0.05, 0.1) is 11.7 Å². The van der Waals surface area contributed by atoms with Crippen molar-refractivity contribution in [2.24, 2.45) is 0 Å². The fourth-order valence-electron chi connectivity index (χ4n) is 4.36. The third-order valence-corrected chi connectivity index (χ3v) is 5.82. The number of piperidine rings is 1. The van der Waals surface area contributed by atoms with Crippen LogP contribution in [0, 0.1) is 0 Å². The van der Waals surface area contributed by atoms with Gasteiger partial charge in [-0.3, -0.25) is 9.59 Å². The molecule has 1 unspecified atom stereocenters. The van der Waals surface area contributed by atoms with Gasteiger partial charge in [0, 0.05) is 44.6 Å². The van der Waals surface area contributed by atoms with Gasteiger partial charge in [0.15, 0.2) is 5.78 Å². The number of fused-ring (bicyclic) bond motifs is 1. The van der Waals surface area contributed by atoms with Crippen LogP contribution in [0.3, 0.4) is 0 Å². The Hall–Kier alpha value is -2.43. The van der Waals surface area contributed by atoms with Crippen LogP contribution in [0.4, 0.5) is 0 Å². The molecule has 0 saturated carbocycles. The second-order valence-corrected chi connectivity index (χ2v) is 7.73. The highest BCUT2D eigenvalue weighted by Crippen LogP contribution is 2.25. The molecule has 1 atom stereocenters. The molecule has 2 aliphatic rings. The van der Waals surface area contributed by atoms with Crippen molar-refractivity contribution in [2.45, 2.75) is 64.5 Å². The minimum Gasteiger partial charge on any atom is -0.334 e. The Morgan fingerprint density at radius 3 is 2.89 bits per heavy atom. The fourth-order valence-corrected chi connectivity index (χ4v) is 4.36. The topological polar surface area (TPSA) is 55.2 Å². The van der Waals surface area contributed by atoms with Crippen molar-refractivity contribution in [3.8, 4) is 11.3 Å². The summed E-state index contributed by atoms with van der Waals surface area (Å²) in [5.74, 6) is 1.38. The highest BCUT2D eigenvalue weighted by Gasteiger charge is 2.29. The normalized spacial score (nSPS) is 19.1. The number of hydrogen-bond donors (Lipinski definition) is 0. The molecule has 1 fully saturated rings. The maximum Gasteiger partial charge on any atom is 0.220 e. The predicted octanol–water partition coefficient (Wildman–Crippen LogP) is 3.40. The molecule has 0 radical (unpaired) electrons. The average Bonchev–Trinajstić information content (AvgIpc) is 3.28. The number of Topliss-reactive ketones (excluding diaryl/α,β-unsaturated/α-hetero) is 1. The summed E-state index contributed by atoms with van der Waals surface area (Å²) in [5.41, 5.74) is 3.29. The summed E-state index contributed by atoms with van der Waals surface area (Å²) in [4.78, 5) is 31.1. The lowest BCUT2D eigenvalue weighted by molar-refractivity contribution is -0.139. The van der Waals surface area contributed by atoms with Crippen molar-refractivity contribution in [1.29, 1.82) is 0 Å². The fraction of sp³-hybridized carbons (Fsp3) is 0.500. The van der Waals surface area contributed by atoms with Gasteiger partial charge in [-0.15, -0.1) is 0 Å². The van der Waals surface area contributed by atoms with E-state index in [1.165, 1.54) is 12.2 Å². The van der Waals surface area contributed by atoms with Crippen LogP contribution in [0.2, 0.25) is 0 Å². The van der Waals surface area contributed by atoms with Crippen molar-refractivity contribution in [1.82, 2.24) is 14.5 Å². The Morgan fingerprint density at radius 1 is 1.19 bits per heavy atom. The number of carbonyl (C=O) groups is 2. The molecule has 1 aromatic carbocycles. The third-order valence-electron chi connectivity index (χ3n) is 5.82. The van der Waals surface area contributed by atoms with E-state index >= 15 is 0 Å². The quantitative estimate of drug-likeness (QED) is 0.816. The van der Waals surface area contributed by atoms with E-state index in [-0.39, 0.29) is 17.7 Å². The second-order valence-electron chi connectivity index (χ2n) is 7.73. The van der Waals surface area contributed by atoms with Crippen molar-refractivity contribution >= 4 is 11.7 Å². The molecule has 142 valence electrons. The average molecular weight is 365 g/mol. The molecule has 0 aliphatic carbocycles. The highest BCUT2D eigenvalue weighted by atomic mass is 16.2. The largest absolute Gasteiger partial charge is 0.334 e. The van der Waals surface area contributed by atoms with E-state index < -0.39 is 0 Å². The molecule has 3 heterocycles. The molecule has 5 nitrogen and oxygen atoms in total. The molecule has 0 N–H and O–H groups in total. The van der Waals surface area contributed by atoms with Gasteiger partial charge in [0.25, 0.3) is 0 Å². The van der Waals surface area contributed by atoms with E-state index in [4.69, 9.17) is 4.98 Å². The van der Waals surface area contributed by atoms with Crippen LogP contribution in [0.1, 0.15) is 50.4 Å². The third kappa shape index (κ3) is 3.82. The number of aromatic nitrogens is 2. The van der Waals surface area contributed by atoms with E-state index in [0.717, 1.165) is 49.0 Å². The Morgan fingerprint density at radius 2 is 2.07 bits per heavy atom. The van der Waals surface area contributed by atoms with E-state index in [0.29, 0.717) is 19.4 Å². The molecule has 1 amide bonds. The number of imidazole rings is 1. The first-order chi connectivity index (χ1) is 13.1. The Kier molecular flexibility index (Phi) is 5.10. The molecule has 2 aliphatic heterocycles. The lowest BCUT2D eigenvalue weighted by atomic mass is 9.94. The highest BCUT2D eigenvalue weighted by molar-refractivity contribution is 5.88. The molecular weight excluding hydrogens is 338 g/mol. The lowest BCUT2D eigenvalue weighted by Crippen LogP contribution is -2.47. The molecule has 5 heteroatoms. The SMILES string of the molecule is CC(=O)N1CCCCC1C(=O)CCc1cccc(-c2cn3c(n2)CCC3)c1. The Labute approximate surface area is 160 Å². The van der Waals surface area contributed by atoms with Crippen molar-refractivity contribution in [3.63, 3.8) is 0 Å². The first-order valence-corrected chi connectivity index (χ1v) is 10.1. The van der Waals surface area contributed by atoms with Crippen LogP contribution in [0.25, 0.3) is 11.3 Å². The number of amides is 1. The summed E-state index contributed by atoms with van der Waals surface area (Å²) in [6.07, 6.45) is 8.41. The first-order valence-electron chi connectivity index (χ1n) is 10.1. The van der Waals surface area contributed by atoms with Gasteiger partial charge in [0.2, 0.25) is 5.91 Å². The van der Waals surface area contributed by atoms with Crippen LogP contribution in [-0.4, -0.2) is 38.7 Å². The molecule has 27 heavy (non-hydrogen) atoms. The van der Waals surface area contributed by atoms with Crippen molar-refractivity contribution < 1.29 is 9.59 Å². The van der Waals surface area contributed by atoms with Crippen molar-refractivity contribution in [3.05, 3.63) is 41.9 Å². The summed E-state index contributed by atoms with van der Waals surface area (Å²) >= 11 is 0. The summed E-state index contributed by atoms with van der Waals surface area (Å²) in [5, 5.41) is 0. The smallest absolute Gasteiger partial charge is 0.220 e. The number of benzene rings is 1. The second kappa shape index (κ2) is 7.67. The Bertz CT molecular complexity index is 833. The zero-order valence-corrected chi connectivity index (χ0v) is 16.0. The summed E-state index contributed by atoms with van der Waals surface area (Å²) in [7, 11) is 0. The number of ketones is 1. The molecule has 2 aromatic rings. The van der Waals surface area contributed by atoms with Gasteiger partial charge in [-0.2, -0.15) is 0 Å². The number of likely N-dealkylation sites (tertiary alicyclic amines) is 1. The van der Waals surface area contributed by atoms with Crippen LogP contribution < -0.4 is 0 Å². The van der Waals surface area contributed by atoms with Crippen LogP contribution in [0.15, 0.2) is 30.5 Å². The number of hydrogen-bond acceptors (Lipinski definition) is 3. The zero-order chi connectivity index (χ0) is 18.8. The minimum atomic E-state index is -0.226. The van der Waals surface area contributed by atoms with Gasteiger partial charge in [-0.1, -0.05) is 18.2 Å². The Balaban J connectivity index is 1.42. The maximum absolute atomic E-state index is 12.7. The zero-order valence-electron chi connectivity index (χ0n) is 16.0. The van der Waals surface area contributed by atoms with Crippen molar-refractivity contribution in [2.75, 3.05) is 6.54 Å².